The second-order valence-corrected chi connectivity index (χ2v) is 3.31. The Kier molecular flexibility index (Phi) is 3.28. The largest absolute Gasteiger partial charge is 0.567 e. The maximum atomic E-state index is 12.9. The number of alkyl halides is 10. The van der Waals surface area contributed by atoms with Crippen LogP contribution in [0.1, 0.15) is 0 Å². The predicted molar refractivity (Wildman–Crippen MR) is 37.1 cm³/mol. The van der Waals surface area contributed by atoms with Crippen LogP contribution >= 0.6 is 0 Å². The van der Waals surface area contributed by atoms with E-state index < -0.39 is 39.9 Å². The maximum absolute atomic E-state index is 12.9. The fourth-order valence-corrected chi connectivity index (χ4v) is 1.00. The topological polar surface area (TPSA) is 8.81 Å². The SMILES string of the molecule is FC(F)(F)[n+]1ccn(C(F)(F)C(F)(F)C(F)(F)F)c1. The molecule has 0 spiro atoms. The van der Waals surface area contributed by atoms with E-state index in [9.17, 15) is 43.9 Å². The molecule has 2 nitrogen and oxygen atoms in total. The summed E-state index contributed by atoms with van der Waals surface area (Å²) in [5.74, 6) is -6.53. The first kappa shape index (κ1) is 15.6. The molecule has 0 amide bonds. The van der Waals surface area contributed by atoms with Crippen molar-refractivity contribution in [1.29, 1.82) is 0 Å². The minimum absolute atomic E-state index is 0.125. The number of halogens is 10. The molecule has 0 N–H and O–H groups in total. The van der Waals surface area contributed by atoms with Crippen LogP contribution in [0.5, 0.6) is 0 Å². The zero-order valence-electron chi connectivity index (χ0n) is 8.41. The van der Waals surface area contributed by atoms with E-state index in [0.717, 1.165) is 0 Å². The number of rotatable bonds is 2. The molecule has 0 atom stereocenters. The van der Waals surface area contributed by atoms with Gasteiger partial charge >= 0.3 is 24.4 Å². The van der Waals surface area contributed by atoms with Crippen LogP contribution in [0.25, 0.3) is 0 Å². The van der Waals surface area contributed by atoms with E-state index in [4.69, 9.17) is 0 Å². The monoisotopic (exact) mass is 305 g/mol. The lowest BCUT2D eigenvalue weighted by atomic mass is 10.2. The molecular formula is C7H3F10N2+. The van der Waals surface area contributed by atoms with E-state index in [2.05, 4.69) is 0 Å². The molecule has 0 aliphatic heterocycles. The molecule has 1 aromatic rings. The Morgan fingerprint density at radius 2 is 1.26 bits per heavy atom. The van der Waals surface area contributed by atoms with E-state index in [1.54, 1.807) is 0 Å². The molecule has 0 unspecified atom stereocenters. The van der Waals surface area contributed by atoms with Crippen LogP contribution in [0.2, 0.25) is 0 Å². The smallest absolute Gasteiger partial charge is 0.185 e. The quantitative estimate of drug-likeness (QED) is 0.587. The van der Waals surface area contributed by atoms with E-state index in [1.807, 2.05) is 0 Å². The zero-order chi connectivity index (χ0) is 15.3. The minimum atomic E-state index is -6.62. The minimum Gasteiger partial charge on any atom is -0.185 e. The second-order valence-electron chi connectivity index (χ2n) is 3.31. The van der Waals surface area contributed by atoms with Crippen LogP contribution < -0.4 is 4.57 Å². The van der Waals surface area contributed by atoms with Crippen molar-refractivity contribution in [3.8, 4) is 0 Å². The van der Waals surface area contributed by atoms with Gasteiger partial charge in [-0.05, 0) is 0 Å². The highest BCUT2D eigenvalue weighted by Gasteiger charge is 2.77. The van der Waals surface area contributed by atoms with Crippen molar-refractivity contribution in [2.45, 2.75) is 24.4 Å². The second kappa shape index (κ2) is 4.00. The number of aromatic nitrogens is 2. The molecule has 19 heavy (non-hydrogen) atoms. The van der Waals surface area contributed by atoms with E-state index in [1.165, 1.54) is 0 Å². The Hall–Kier alpha value is -1.49. The van der Waals surface area contributed by atoms with Gasteiger partial charge in [-0.1, -0.05) is 0 Å². The summed E-state index contributed by atoms with van der Waals surface area (Å²) in [5.41, 5.74) is 0. The van der Waals surface area contributed by atoms with Crippen molar-refractivity contribution in [2.75, 3.05) is 0 Å². The number of hydrogen-bond acceptors (Lipinski definition) is 0. The predicted octanol–water partition coefficient (Wildman–Crippen LogP) is 3.00. The van der Waals surface area contributed by atoms with Gasteiger partial charge in [-0.3, -0.25) is 0 Å². The summed E-state index contributed by atoms with van der Waals surface area (Å²) < 4.78 is 120. The first-order chi connectivity index (χ1) is 8.21. The first-order valence-corrected chi connectivity index (χ1v) is 4.20. The molecule has 12 heteroatoms. The van der Waals surface area contributed by atoms with Crippen molar-refractivity contribution in [1.82, 2.24) is 4.57 Å². The van der Waals surface area contributed by atoms with Gasteiger partial charge < -0.3 is 0 Å². The van der Waals surface area contributed by atoms with E-state index in [0.29, 0.717) is 0 Å². The normalized spacial score (nSPS) is 14.8. The molecule has 0 aliphatic carbocycles. The molecule has 0 bridgehead atoms. The standard InChI is InChI=1S/C7H3F10N2/c8-4(9,5(10,11)12)6(13,14)18-1-2-19(3-18)7(15,16)17/h1-3H/q+1. The van der Waals surface area contributed by atoms with Crippen LogP contribution in [0.3, 0.4) is 0 Å². The van der Waals surface area contributed by atoms with Crippen LogP contribution in [-0.2, 0) is 12.3 Å². The van der Waals surface area contributed by atoms with Crippen LogP contribution in [0.4, 0.5) is 43.9 Å². The van der Waals surface area contributed by atoms with Gasteiger partial charge in [0.1, 0.15) is 12.4 Å². The maximum Gasteiger partial charge on any atom is 0.567 e. The Labute approximate surface area is 97.4 Å². The highest BCUT2D eigenvalue weighted by molar-refractivity contribution is 4.90. The van der Waals surface area contributed by atoms with Gasteiger partial charge in [0, 0.05) is 0 Å². The summed E-state index contributed by atoms with van der Waals surface area (Å²) in [6.45, 7) is 0. The molecule has 1 heterocycles. The van der Waals surface area contributed by atoms with Gasteiger partial charge in [-0.25, -0.2) is 0 Å². The highest BCUT2D eigenvalue weighted by atomic mass is 19.4. The van der Waals surface area contributed by atoms with Crippen molar-refractivity contribution < 1.29 is 48.5 Å². The fraction of sp³-hybridized carbons (Fsp3) is 0.571. The van der Waals surface area contributed by atoms with Gasteiger partial charge in [-0.15, -0.1) is 17.7 Å². The summed E-state index contributed by atoms with van der Waals surface area (Å²) in [7, 11) is 0. The third-order valence-electron chi connectivity index (χ3n) is 1.99. The lowest BCUT2D eigenvalue weighted by molar-refractivity contribution is -0.854. The number of hydrogen-bond donors (Lipinski definition) is 0. The molecule has 0 saturated carbocycles. The van der Waals surface area contributed by atoms with Crippen LogP contribution in [0, 0.1) is 0 Å². The lowest BCUT2D eigenvalue weighted by Crippen LogP contribution is -2.53. The third-order valence-corrected chi connectivity index (χ3v) is 1.99. The molecule has 1 rings (SSSR count). The van der Waals surface area contributed by atoms with Gasteiger partial charge in [0.15, 0.2) is 0 Å². The fourth-order valence-electron chi connectivity index (χ4n) is 1.00. The molecular weight excluding hydrogens is 302 g/mol. The van der Waals surface area contributed by atoms with Crippen molar-refractivity contribution in [3.05, 3.63) is 18.7 Å². The number of imidazole rings is 1. The van der Waals surface area contributed by atoms with E-state index in [-0.39, 0.29) is 12.4 Å². The van der Waals surface area contributed by atoms with Crippen molar-refractivity contribution >= 4 is 0 Å². The molecule has 0 fully saturated rings. The molecule has 110 valence electrons. The number of nitrogens with zero attached hydrogens (tertiary/aromatic N) is 2. The summed E-state index contributed by atoms with van der Waals surface area (Å²) in [4.78, 5) is 0. The first-order valence-electron chi connectivity index (χ1n) is 4.20. The molecule has 0 radical (unpaired) electrons. The Morgan fingerprint density at radius 1 is 0.789 bits per heavy atom. The Balaban J connectivity index is 3.25. The van der Waals surface area contributed by atoms with Gasteiger partial charge in [-0.2, -0.15) is 35.3 Å². The molecule has 0 saturated heterocycles. The van der Waals surface area contributed by atoms with Crippen LogP contribution in [0.15, 0.2) is 18.7 Å². The summed E-state index contributed by atoms with van der Waals surface area (Å²) in [6, 6.07) is -5.90. The molecule has 0 aliphatic rings. The van der Waals surface area contributed by atoms with E-state index >= 15 is 0 Å². The van der Waals surface area contributed by atoms with Crippen molar-refractivity contribution in [2.24, 2.45) is 0 Å². The molecule has 0 aromatic carbocycles. The summed E-state index contributed by atoms with van der Waals surface area (Å²) >= 11 is 0. The average Bonchev–Trinajstić information content (AvgIpc) is 2.63. The highest BCUT2D eigenvalue weighted by Crippen LogP contribution is 2.48. The van der Waals surface area contributed by atoms with Gasteiger partial charge in [0.2, 0.25) is 0 Å². The summed E-state index contributed by atoms with van der Waals surface area (Å²) in [6.07, 6.45) is -12.8. The van der Waals surface area contributed by atoms with Crippen molar-refractivity contribution in [3.63, 3.8) is 0 Å². The Morgan fingerprint density at radius 3 is 1.58 bits per heavy atom. The average molecular weight is 305 g/mol. The van der Waals surface area contributed by atoms with Gasteiger partial charge in [0.05, 0.1) is 0 Å². The summed E-state index contributed by atoms with van der Waals surface area (Å²) in [5, 5.41) is 0. The third kappa shape index (κ3) is 2.47. The lowest BCUT2D eigenvalue weighted by Gasteiger charge is -2.24. The molecule has 1 aromatic heterocycles. The van der Waals surface area contributed by atoms with Crippen LogP contribution in [-0.4, -0.2) is 16.7 Å². The van der Waals surface area contributed by atoms with Gasteiger partial charge in [0.25, 0.3) is 6.33 Å². The zero-order valence-corrected chi connectivity index (χ0v) is 8.41. The Bertz CT molecular complexity index is 453.